The monoisotopic (exact) mass is 224 g/mol. The smallest absolute Gasteiger partial charge is 0.109 e. The Morgan fingerprint density at radius 2 is 2.27 bits per heavy atom. The van der Waals surface area contributed by atoms with Gasteiger partial charge in [-0.15, -0.1) is 11.3 Å². The third-order valence-corrected chi connectivity index (χ3v) is 4.36. The van der Waals surface area contributed by atoms with Crippen molar-refractivity contribution in [3.05, 3.63) is 16.6 Å². The van der Waals surface area contributed by atoms with Gasteiger partial charge >= 0.3 is 0 Å². The standard InChI is InChI=1S/C12H20N2S/c1-9-5-3-4-6-11(9)14-10(2)12-13-7-8-15-12/h7-11,14H,3-6H2,1-2H3/t9-,10+,11-/m1/s1. The Morgan fingerprint density at radius 1 is 1.47 bits per heavy atom. The van der Waals surface area contributed by atoms with E-state index in [4.69, 9.17) is 0 Å². The summed E-state index contributed by atoms with van der Waals surface area (Å²) in [6.07, 6.45) is 7.39. The van der Waals surface area contributed by atoms with Gasteiger partial charge in [-0.2, -0.15) is 0 Å². The SMILES string of the molecule is C[C@H](N[C@@H]1CCCC[C@H]1C)c1nccs1. The molecule has 0 radical (unpaired) electrons. The van der Waals surface area contributed by atoms with Crippen LogP contribution >= 0.6 is 11.3 Å². The molecule has 3 heteroatoms. The first-order valence-electron chi connectivity index (χ1n) is 5.93. The number of thiazole rings is 1. The Kier molecular flexibility index (Phi) is 3.76. The van der Waals surface area contributed by atoms with E-state index >= 15 is 0 Å². The molecule has 2 rings (SSSR count). The minimum atomic E-state index is 0.413. The molecule has 1 N–H and O–H groups in total. The van der Waals surface area contributed by atoms with E-state index in [1.54, 1.807) is 11.3 Å². The molecule has 1 heterocycles. The number of nitrogens with zero attached hydrogens (tertiary/aromatic N) is 1. The lowest BCUT2D eigenvalue weighted by atomic mass is 9.85. The summed E-state index contributed by atoms with van der Waals surface area (Å²) < 4.78 is 0. The Hall–Kier alpha value is -0.410. The number of hydrogen-bond donors (Lipinski definition) is 1. The van der Waals surface area contributed by atoms with E-state index in [9.17, 15) is 0 Å². The van der Waals surface area contributed by atoms with Crippen LogP contribution in [0.3, 0.4) is 0 Å². The van der Waals surface area contributed by atoms with Gasteiger partial charge in [0.25, 0.3) is 0 Å². The first kappa shape index (κ1) is 11.1. The number of aromatic nitrogens is 1. The van der Waals surface area contributed by atoms with Gasteiger partial charge < -0.3 is 5.32 Å². The van der Waals surface area contributed by atoms with Crippen molar-refractivity contribution in [2.45, 2.75) is 51.6 Å². The molecule has 0 spiro atoms. The van der Waals surface area contributed by atoms with Crippen LogP contribution in [0.25, 0.3) is 0 Å². The second-order valence-electron chi connectivity index (χ2n) is 4.63. The van der Waals surface area contributed by atoms with Gasteiger partial charge in [0, 0.05) is 17.6 Å². The van der Waals surface area contributed by atoms with Crippen LogP contribution in [-0.2, 0) is 0 Å². The fourth-order valence-electron chi connectivity index (χ4n) is 2.40. The molecular formula is C12H20N2S. The fourth-order valence-corrected chi connectivity index (χ4v) is 3.06. The summed E-state index contributed by atoms with van der Waals surface area (Å²) in [4.78, 5) is 4.36. The summed E-state index contributed by atoms with van der Waals surface area (Å²) in [5.41, 5.74) is 0. The largest absolute Gasteiger partial charge is 0.305 e. The summed E-state index contributed by atoms with van der Waals surface area (Å²) in [6.45, 7) is 4.59. The van der Waals surface area contributed by atoms with E-state index in [0.29, 0.717) is 12.1 Å². The second-order valence-corrected chi connectivity index (χ2v) is 5.55. The molecule has 15 heavy (non-hydrogen) atoms. The van der Waals surface area contributed by atoms with Crippen molar-refractivity contribution >= 4 is 11.3 Å². The minimum absolute atomic E-state index is 0.413. The molecule has 2 nitrogen and oxygen atoms in total. The topological polar surface area (TPSA) is 24.9 Å². The minimum Gasteiger partial charge on any atom is -0.305 e. The zero-order valence-corrected chi connectivity index (χ0v) is 10.4. The van der Waals surface area contributed by atoms with Crippen molar-refractivity contribution in [3.8, 4) is 0 Å². The van der Waals surface area contributed by atoms with Crippen LogP contribution in [0.15, 0.2) is 11.6 Å². The van der Waals surface area contributed by atoms with Crippen LogP contribution in [0.1, 0.15) is 50.6 Å². The molecule has 1 aliphatic rings. The molecular weight excluding hydrogens is 204 g/mol. The highest BCUT2D eigenvalue weighted by molar-refractivity contribution is 7.09. The fraction of sp³-hybridized carbons (Fsp3) is 0.750. The van der Waals surface area contributed by atoms with Crippen molar-refractivity contribution in [3.63, 3.8) is 0 Å². The second kappa shape index (κ2) is 5.08. The molecule has 84 valence electrons. The van der Waals surface area contributed by atoms with E-state index in [0.717, 1.165) is 5.92 Å². The van der Waals surface area contributed by atoms with Crippen molar-refractivity contribution < 1.29 is 0 Å². The molecule has 1 fully saturated rings. The predicted octanol–water partition coefficient (Wildman–Crippen LogP) is 3.37. The maximum atomic E-state index is 4.36. The molecule has 1 aromatic heterocycles. The number of rotatable bonds is 3. The zero-order valence-electron chi connectivity index (χ0n) is 9.57. The molecule has 0 aliphatic heterocycles. The average molecular weight is 224 g/mol. The molecule has 1 aromatic rings. The van der Waals surface area contributed by atoms with Crippen LogP contribution < -0.4 is 5.32 Å². The number of hydrogen-bond acceptors (Lipinski definition) is 3. The normalized spacial score (nSPS) is 28.9. The molecule has 0 unspecified atom stereocenters. The first-order chi connectivity index (χ1) is 7.27. The van der Waals surface area contributed by atoms with Gasteiger partial charge in [-0.25, -0.2) is 4.98 Å². The summed E-state index contributed by atoms with van der Waals surface area (Å²) in [7, 11) is 0. The van der Waals surface area contributed by atoms with Crippen molar-refractivity contribution in [2.75, 3.05) is 0 Å². The Bertz CT molecular complexity index is 284. The van der Waals surface area contributed by atoms with Gasteiger partial charge in [-0.05, 0) is 25.7 Å². The summed E-state index contributed by atoms with van der Waals surface area (Å²) >= 11 is 1.75. The molecule has 0 saturated heterocycles. The van der Waals surface area contributed by atoms with E-state index in [-0.39, 0.29) is 0 Å². The number of nitrogens with one attached hydrogen (secondary N) is 1. The summed E-state index contributed by atoms with van der Waals surface area (Å²) in [6, 6.07) is 1.10. The van der Waals surface area contributed by atoms with Crippen molar-refractivity contribution in [2.24, 2.45) is 5.92 Å². The lowest BCUT2D eigenvalue weighted by Crippen LogP contribution is -2.38. The quantitative estimate of drug-likeness (QED) is 0.851. The van der Waals surface area contributed by atoms with E-state index in [1.807, 2.05) is 6.20 Å². The summed E-state index contributed by atoms with van der Waals surface area (Å²) in [5.74, 6) is 0.821. The Morgan fingerprint density at radius 3 is 2.93 bits per heavy atom. The van der Waals surface area contributed by atoms with E-state index in [2.05, 4.69) is 29.5 Å². The molecule has 1 saturated carbocycles. The Balaban J connectivity index is 1.90. The first-order valence-corrected chi connectivity index (χ1v) is 6.81. The highest BCUT2D eigenvalue weighted by Crippen LogP contribution is 2.26. The molecule has 1 aliphatic carbocycles. The third-order valence-electron chi connectivity index (χ3n) is 3.40. The highest BCUT2D eigenvalue weighted by Gasteiger charge is 2.23. The lowest BCUT2D eigenvalue weighted by molar-refractivity contribution is 0.263. The third kappa shape index (κ3) is 2.79. The maximum Gasteiger partial charge on any atom is 0.109 e. The predicted molar refractivity (Wildman–Crippen MR) is 65.1 cm³/mol. The van der Waals surface area contributed by atoms with Gasteiger partial charge in [0.1, 0.15) is 5.01 Å². The van der Waals surface area contributed by atoms with Gasteiger partial charge in [0.05, 0.1) is 6.04 Å². The lowest BCUT2D eigenvalue weighted by Gasteiger charge is -2.31. The van der Waals surface area contributed by atoms with Crippen LogP contribution in [-0.4, -0.2) is 11.0 Å². The van der Waals surface area contributed by atoms with E-state index in [1.165, 1.54) is 30.7 Å². The zero-order chi connectivity index (χ0) is 10.7. The van der Waals surface area contributed by atoms with E-state index < -0.39 is 0 Å². The van der Waals surface area contributed by atoms with Crippen LogP contribution in [0.2, 0.25) is 0 Å². The van der Waals surface area contributed by atoms with Gasteiger partial charge in [-0.1, -0.05) is 19.8 Å². The van der Waals surface area contributed by atoms with Crippen LogP contribution in [0.4, 0.5) is 0 Å². The van der Waals surface area contributed by atoms with Gasteiger partial charge in [-0.3, -0.25) is 0 Å². The van der Waals surface area contributed by atoms with Crippen molar-refractivity contribution in [1.82, 2.24) is 10.3 Å². The maximum absolute atomic E-state index is 4.36. The summed E-state index contributed by atoms with van der Waals surface area (Å²) in [5, 5.41) is 6.99. The molecule has 3 atom stereocenters. The molecule has 0 aromatic carbocycles. The molecule has 0 amide bonds. The van der Waals surface area contributed by atoms with Crippen molar-refractivity contribution in [1.29, 1.82) is 0 Å². The van der Waals surface area contributed by atoms with Gasteiger partial charge in [0.2, 0.25) is 0 Å². The Labute approximate surface area is 96.1 Å². The van der Waals surface area contributed by atoms with Gasteiger partial charge in [0.15, 0.2) is 0 Å². The van der Waals surface area contributed by atoms with Crippen LogP contribution in [0.5, 0.6) is 0 Å². The molecule has 0 bridgehead atoms. The van der Waals surface area contributed by atoms with Crippen LogP contribution in [0, 0.1) is 5.92 Å². The average Bonchev–Trinajstić information content (AvgIpc) is 2.74. The highest BCUT2D eigenvalue weighted by atomic mass is 32.1.